The van der Waals surface area contributed by atoms with Gasteiger partial charge in [-0.15, -0.1) is 0 Å². The molecule has 42 heavy (non-hydrogen) atoms. The number of hydrogen-bond acceptors (Lipinski definition) is 5. The quantitative estimate of drug-likeness (QED) is 0.174. The molecule has 0 bridgehead atoms. The van der Waals surface area contributed by atoms with Gasteiger partial charge in [-0.1, -0.05) is 133 Å². The van der Waals surface area contributed by atoms with Crippen LogP contribution in [0.1, 0.15) is 53.5 Å². The lowest BCUT2D eigenvalue weighted by Gasteiger charge is -2.46. The first kappa shape index (κ1) is 33.9. The summed E-state index contributed by atoms with van der Waals surface area (Å²) < 4.78 is 19.7. The van der Waals surface area contributed by atoms with Gasteiger partial charge in [0.05, 0.1) is 26.2 Å². The lowest BCUT2D eigenvalue weighted by molar-refractivity contribution is -0.142. The zero-order chi connectivity index (χ0) is 31.0. The number of ether oxygens (including phenoxy) is 1. The van der Waals surface area contributed by atoms with E-state index in [9.17, 15) is 4.79 Å². The van der Waals surface area contributed by atoms with Crippen LogP contribution >= 0.6 is 0 Å². The Balaban J connectivity index is 2.10. The Morgan fingerprint density at radius 1 is 0.762 bits per heavy atom. The van der Waals surface area contributed by atoms with E-state index in [4.69, 9.17) is 13.6 Å². The van der Waals surface area contributed by atoms with E-state index in [1.54, 1.807) is 0 Å². The summed E-state index contributed by atoms with van der Waals surface area (Å²) >= 11 is 0. The Morgan fingerprint density at radius 2 is 1.24 bits per heavy atom. The zero-order valence-electron chi connectivity index (χ0n) is 27.1. The van der Waals surface area contributed by atoms with Crippen molar-refractivity contribution >= 4 is 33.0 Å². The highest BCUT2D eigenvalue weighted by Crippen LogP contribution is 2.40. The molecule has 1 N–H and O–H groups in total. The smallest absolute Gasteiger partial charge is 0.307 e. The first-order valence-electron chi connectivity index (χ1n) is 15.0. The monoisotopic (exact) mass is 605 g/mol. The Kier molecular flexibility index (Phi) is 11.5. The summed E-state index contributed by atoms with van der Waals surface area (Å²) in [4.78, 5) is 12.8. The average molecular weight is 606 g/mol. The van der Waals surface area contributed by atoms with Crippen molar-refractivity contribution in [1.29, 1.82) is 0 Å². The number of carbonyl (C=O) groups excluding carboxylic acids is 1. The zero-order valence-corrected chi connectivity index (χ0v) is 29.1. The van der Waals surface area contributed by atoms with Crippen LogP contribution in [0.4, 0.5) is 0 Å². The number of carbonyl (C=O) groups is 1. The molecule has 0 unspecified atom stereocenters. The molecular formula is C35H51NO4Si2. The maximum atomic E-state index is 12.8. The molecule has 3 aromatic rings. The van der Waals surface area contributed by atoms with Crippen LogP contribution in [-0.2, 0) is 24.9 Å². The lowest BCUT2D eigenvalue weighted by Crippen LogP contribution is -2.67. The van der Waals surface area contributed by atoms with E-state index in [1.807, 2.05) is 18.2 Å². The predicted molar refractivity (Wildman–Crippen MR) is 179 cm³/mol. The Morgan fingerprint density at radius 3 is 1.67 bits per heavy atom. The van der Waals surface area contributed by atoms with Gasteiger partial charge in [-0.3, -0.25) is 4.79 Å². The van der Waals surface area contributed by atoms with Crippen LogP contribution in [0, 0.1) is 0 Å². The molecule has 0 radical (unpaired) electrons. The minimum Gasteiger partial charge on any atom is -0.469 e. The Bertz CT molecular complexity index is 1200. The first-order valence-corrected chi connectivity index (χ1v) is 19.8. The average Bonchev–Trinajstić information content (AvgIpc) is 2.95. The topological polar surface area (TPSA) is 56.8 Å². The van der Waals surface area contributed by atoms with Crippen molar-refractivity contribution in [2.24, 2.45) is 0 Å². The van der Waals surface area contributed by atoms with E-state index in [-0.39, 0.29) is 34.6 Å². The Labute approximate surface area is 256 Å². The molecule has 7 heteroatoms. The van der Waals surface area contributed by atoms with Crippen LogP contribution in [0.5, 0.6) is 0 Å². The Hall–Kier alpha value is -2.56. The van der Waals surface area contributed by atoms with E-state index < -0.39 is 16.6 Å². The van der Waals surface area contributed by atoms with Crippen molar-refractivity contribution in [3.8, 4) is 0 Å². The van der Waals surface area contributed by atoms with Gasteiger partial charge in [0, 0.05) is 12.6 Å². The van der Waals surface area contributed by atoms with Crippen LogP contribution < -0.4 is 15.7 Å². The van der Waals surface area contributed by atoms with Crippen molar-refractivity contribution < 1.29 is 18.4 Å². The summed E-state index contributed by atoms with van der Waals surface area (Å²) in [6, 6.07) is 31.3. The summed E-state index contributed by atoms with van der Waals surface area (Å²) in [6.07, 6.45) is -0.178. The fourth-order valence-corrected chi connectivity index (χ4v) is 11.1. The highest BCUT2D eigenvalue weighted by atomic mass is 28.4. The minimum absolute atomic E-state index is 0.0160. The van der Waals surface area contributed by atoms with E-state index in [2.05, 4.69) is 133 Å². The fourth-order valence-electron chi connectivity index (χ4n) is 5.20. The summed E-state index contributed by atoms with van der Waals surface area (Å²) in [7, 11) is -3.64. The molecule has 0 aliphatic heterocycles. The molecule has 0 spiro atoms. The SMILES string of the molecule is COC(=O)C[C@H](NCc1ccccc1)[C@@H](CO[Si](c1ccccc1)(c1ccccc1)C(C)(C)C)O[Si](C)(C)C(C)(C)C. The molecule has 0 aliphatic carbocycles. The van der Waals surface area contributed by atoms with E-state index in [0.717, 1.165) is 5.56 Å². The predicted octanol–water partition coefficient (Wildman–Crippen LogP) is 6.67. The molecule has 0 saturated heterocycles. The van der Waals surface area contributed by atoms with Gasteiger partial charge in [0.25, 0.3) is 8.32 Å². The van der Waals surface area contributed by atoms with E-state index >= 15 is 0 Å². The van der Waals surface area contributed by atoms with Crippen molar-refractivity contribution in [2.45, 2.75) is 89.8 Å². The number of hydrogen-bond donors (Lipinski definition) is 1. The fraction of sp³-hybridized carbons (Fsp3) is 0.457. The maximum Gasteiger partial charge on any atom is 0.307 e. The highest BCUT2D eigenvalue weighted by molar-refractivity contribution is 6.99. The highest BCUT2D eigenvalue weighted by Gasteiger charge is 2.51. The summed E-state index contributed by atoms with van der Waals surface area (Å²) in [5.41, 5.74) is 1.14. The van der Waals surface area contributed by atoms with Gasteiger partial charge in [-0.25, -0.2) is 0 Å². The summed E-state index contributed by atoms with van der Waals surface area (Å²) in [5.74, 6) is -0.269. The normalized spacial score (nSPS) is 14.3. The molecule has 228 valence electrons. The van der Waals surface area contributed by atoms with Crippen LogP contribution in [0.2, 0.25) is 23.2 Å². The molecule has 0 fully saturated rings. The van der Waals surface area contributed by atoms with Gasteiger partial charge >= 0.3 is 5.97 Å². The van der Waals surface area contributed by atoms with Crippen molar-refractivity contribution in [3.63, 3.8) is 0 Å². The molecule has 0 heterocycles. The standard InChI is InChI=1S/C35H51NO4Si2/c1-34(2,3)41(8,9)40-32(31(25-33(37)38-7)36-26-28-19-13-10-14-20-28)27-39-42(35(4,5)6,29-21-15-11-16-22-29)30-23-17-12-18-24-30/h10-24,31-32,36H,25-27H2,1-9H3/t31-,32+/m0/s1. The number of esters is 1. The second-order valence-electron chi connectivity index (χ2n) is 13.6. The van der Waals surface area contributed by atoms with Crippen LogP contribution in [0.15, 0.2) is 91.0 Å². The largest absolute Gasteiger partial charge is 0.469 e. The number of rotatable bonds is 13. The molecule has 0 aromatic heterocycles. The molecular weight excluding hydrogens is 555 g/mol. The second kappa shape index (κ2) is 14.3. The lowest BCUT2D eigenvalue weighted by atomic mass is 10.1. The van der Waals surface area contributed by atoms with Gasteiger partial charge in [-0.2, -0.15) is 0 Å². The second-order valence-corrected chi connectivity index (χ2v) is 22.7. The van der Waals surface area contributed by atoms with Crippen molar-refractivity contribution in [1.82, 2.24) is 5.32 Å². The van der Waals surface area contributed by atoms with E-state index in [1.165, 1.54) is 17.5 Å². The van der Waals surface area contributed by atoms with E-state index in [0.29, 0.717) is 13.2 Å². The summed E-state index contributed by atoms with van der Waals surface area (Å²) in [5, 5.41) is 5.91. The van der Waals surface area contributed by atoms with Gasteiger partial charge in [-0.05, 0) is 39.1 Å². The van der Waals surface area contributed by atoms with Gasteiger partial charge in [0.15, 0.2) is 8.32 Å². The minimum atomic E-state index is -2.82. The number of nitrogens with one attached hydrogen (secondary N) is 1. The molecule has 0 aliphatic rings. The number of methoxy groups -OCH3 is 1. The maximum absolute atomic E-state index is 12.8. The third-order valence-electron chi connectivity index (χ3n) is 8.61. The molecule has 2 atom stereocenters. The van der Waals surface area contributed by atoms with Crippen molar-refractivity contribution in [3.05, 3.63) is 96.6 Å². The summed E-state index contributed by atoms with van der Waals surface area (Å²) in [6.45, 7) is 19.0. The third kappa shape index (κ3) is 8.29. The van der Waals surface area contributed by atoms with Crippen molar-refractivity contribution in [2.75, 3.05) is 13.7 Å². The van der Waals surface area contributed by atoms with Gasteiger partial charge in [0.2, 0.25) is 0 Å². The molecule has 0 amide bonds. The molecule has 3 rings (SSSR count). The molecule has 0 saturated carbocycles. The van der Waals surface area contributed by atoms with Crippen LogP contribution in [-0.4, -0.2) is 48.5 Å². The van der Waals surface area contributed by atoms with Crippen LogP contribution in [0.25, 0.3) is 0 Å². The molecule has 5 nitrogen and oxygen atoms in total. The van der Waals surface area contributed by atoms with Crippen LogP contribution in [0.3, 0.4) is 0 Å². The first-order chi connectivity index (χ1) is 19.7. The molecule has 3 aromatic carbocycles. The number of benzene rings is 3. The van der Waals surface area contributed by atoms with Gasteiger partial charge < -0.3 is 18.9 Å². The third-order valence-corrected chi connectivity index (χ3v) is 18.1. The van der Waals surface area contributed by atoms with Gasteiger partial charge in [0.1, 0.15) is 0 Å².